The molecule has 0 bridgehead atoms. The molecule has 1 heterocycles. The summed E-state index contributed by atoms with van der Waals surface area (Å²) >= 11 is 0. The van der Waals surface area contributed by atoms with E-state index in [-0.39, 0.29) is 5.41 Å². The summed E-state index contributed by atoms with van der Waals surface area (Å²) in [4.78, 5) is 0. The molecule has 1 aromatic rings. The second kappa shape index (κ2) is 2.77. The molecule has 0 saturated carbocycles. The van der Waals surface area contributed by atoms with Gasteiger partial charge in [-0.1, -0.05) is 32.5 Å². The third kappa shape index (κ3) is 1.76. The van der Waals surface area contributed by atoms with E-state index in [9.17, 15) is 0 Å². The van der Waals surface area contributed by atoms with Crippen LogP contribution < -0.4 is 0 Å². The third-order valence-electron chi connectivity index (χ3n) is 1.70. The molecule has 0 N–H and O–H groups in total. The van der Waals surface area contributed by atoms with Gasteiger partial charge in [0.25, 0.3) is 0 Å². The first-order chi connectivity index (χ1) is 5.41. The summed E-state index contributed by atoms with van der Waals surface area (Å²) in [5, 5.41) is 3.97. The Morgan fingerprint density at radius 1 is 1.50 bits per heavy atom. The molecule has 0 saturated heterocycles. The molecule has 0 radical (unpaired) electrons. The summed E-state index contributed by atoms with van der Waals surface area (Å²) in [5.41, 5.74) is 1.94. The number of hydrogen-bond donors (Lipinski definition) is 0. The summed E-state index contributed by atoms with van der Waals surface area (Å²) in [6.45, 7) is 12.0. The van der Waals surface area contributed by atoms with E-state index in [0.29, 0.717) is 0 Å². The largest absolute Gasteiger partial charge is 0.356 e. The molecular formula is C10H15NO. The van der Waals surface area contributed by atoms with Crippen LogP contribution in [0.15, 0.2) is 17.2 Å². The van der Waals surface area contributed by atoms with Gasteiger partial charge in [0.15, 0.2) is 5.76 Å². The lowest BCUT2D eigenvalue weighted by atomic mass is 9.92. The van der Waals surface area contributed by atoms with Crippen molar-refractivity contribution in [1.82, 2.24) is 5.16 Å². The minimum absolute atomic E-state index is 0.0528. The zero-order valence-corrected chi connectivity index (χ0v) is 8.14. The summed E-state index contributed by atoms with van der Waals surface area (Å²) in [6, 6.07) is 1.95. The van der Waals surface area contributed by atoms with Crippen LogP contribution in [0, 0.1) is 0 Å². The zero-order valence-electron chi connectivity index (χ0n) is 8.14. The van der Waals surface area contributed by atoms with E-state index in [1.165, 1.54) is 0 Å². The number of rotatable bonds is 1. The van der Waals surface area contributed by atoms with Crippen molar-refractivity contribution in [2.45, 2.75) is 33.1 Å². The van der Waals surface area contributed by atoms with Gasteiger partial charge < -0.3 is 4.52 Å². The van der Waals surface area contributed by atoms with Gasteiger partial charge in [-0.15, -0.1) is 0 Å². The fourth-order valence-corrected chi connectivity index (χ4v) is 0.830. The lowest BCUT2D eigenvalue weighted by Crippen LogP contribution is -2.10. The fourth-order valence-electron chi connectivity index (χ4n) is 0.830. The van der Waals surface area contributed by atoms with Gasteiger partial charge in [-0.25, -0.2) is 0 Å². The average molecular weight is 165 g/mol. The SMILES string of the molecule is C=C(C)c1cc(C(C)(C)C)no1. The average Bonchev–Trinajstić information content (AvgIpc) is 2.30. The topological polar surface area (TPSA) is 26.0 Å². The van der Waals surface area contributed by atoms with Crippen LogP contribution in [0.3, 0.4) is 0 Å². The van der Waals surface area contributed by atoms with Crippen molar-refractivity contribution in [2.75, 3.05) is 0 Å². The highest BCUT2D eigenvalue weighted by atomic mass is 16.5. The van der Waals surface area contributed by atoms with Crippen LogP contribution in [-0.2, 0) is 5.41 Å². The van der Waals surface area contributed by atoms with Gasteiger partial charge in [0, 0.05) is 11.5 Å². The Labute approximate surface area is 73.3 Å². The molecule has 0 atom stereocenters. The summed E-state index contributed by atoms with van der Waals surface area (Å²) in [7, 11) is 0. The Morgan fingerprint density at radius 3 is 2.33 bits per heavy atom. The molecule has 0 spiro atoms. The molecule has 0 amide bonds. The Kier molecular flexibility index (Phi) is 2.09. The van der Waals surface area contributed by atoms with Crippen LogP contribution in [0.2, 0.25) is 0 Å². The number of nitrogens with zero attached hydrogens (tertiary/aromatic N) is 1. The van der Waals surface area contributed by atoms with Crippen LogP contribution in [0.5, 0.6) is 0 Å². The molecule has 12 heavy (non-hydrogen) atoms. The van der Waals surface area contributed by atoms with Gasteiger partial charge in [0.05, 0.1) is 5.69 Å². The maximum atomic E-state index is 5.10. The van der Waals surface area contributed by atoms with E-state index < -0.39 is 0 Å². The zero-order chi connectivity index (χ0) is 9.35. The van der Waals surface area contributed by atoms with E-state index in [0.717, 1.165) is 17.0 Å². The quantitative estimate of drug-likeness (QED) is 0.639. The second-order valence-corrected chi connectivity index (χ2v) is 4.11. The van der Waals surface area contributed by atoms with Crippen molar-refractivity contribution < 1.29 is 4.52 Å². The van der Waals surface area contributed by atoms with Crippen LogP contribution >= 0.6 is 0 Å². The minimum Gasteiger partial charge on any atom is -0.356 e. The van der Waals surface area contributed by atoms with Gasteiger partial charge in [0.2, 0.25) is 0 Å². The molecule has 0 aliphatic carbocycles. The second-order valence-electron chi connectivity index (χ2n) is 4.11. The Morgan fingerprint density at radius 2 is 2.08 bits per heavy atom. The van der Waals surface area contributed by atoms with Crippen LogP contribution in [-0.4, -0.2) is 5.16 Å². The predicted molar refractivity (Wildman–Crippen MR) is 49.9 cm³/mol. The number of allylic oxidation sites excluding steroid dienone is 1. The monoisotopic (exact) mass is 165 g/mol. The lowest BCUT2D eigenvalue weighted by molar-refractivity contribution is 0.385. The molecular weight excluding hydrogens is 150 g/mol. The van der Waals surface area contributed by atoms with Crippen LogP contribution in [0.1, 0.15) is 39.1 Å². The maximum Gasteiger partial charge on any atom is 0.162 e. The fraction of sp³-hybridized carbons (Fsp3) is 0.500. The first kappa shape index (κ1) is 9.04. The number of hydrogen-bond acceptors (Lipinski definition) is 2. The molecule has 0 aliphatic heterocycles. The molecule has 0 fully saturated rings. The van der Waals surface area contributed by atoms with E-state index in [4.69, 9.17) is 4.52 Å². The molecule has 0 unspecified atom stereocenters. The third-order valence-corrected chi connectivity index (χ3v) is 1.70. The standard InChI is InChI=1S/C10H15NO/c1-7(2)8-6-9(11-12-8)10(3,4)5/h6H,1H2,2-5H3. The molecule has 1 rings (SSSR count). The van der Waals surface area contributed by atoms with Crippen molar-refractivity contribution in [3.05, 3.63) is 24.1 Å². The Bertz CT molecular complexity index is 291. The molecule has 2 nitrogen and oxygen atoms in total. The van der Waals surface area contributed by atoms with E-state index >= 15 is 0 Å². The summed E-state index contributed by atoms with van der Waals surface area (Å²) in [5.74, 6) is 0.778. The van der Waals surface area contributed by atoms with Crippen LogP contribution in [0.4, 0.5) is 0 Å². The van der Waals surface area contributed by atoms with Crippen molar-refractivity contribution in [1.29, 1.82) is 0 Å². The Hall–Kier alpha value is -1.05. The molecule has 0 aromatic carbocycles. The van der Waals surface area contributed by atoms with Gasteiger partial charge >= 0.3 is 0 Å². The smallest absolute Gasteiger partial charge is 0.162 e. The van der Waals surface area contributed by atoms with E-state index in [1.54, 1.807) is 0 Å². The van der Waals surface area contributed by atoms with Crippen molar-refractivity contribution in [3.8, 4) is 0 Å². The van der Waals surface area contributed by atoms with Gasteiger partial charge in [-0.05, 0) is 12.5 Å². The van der Waals surface area contributed by atoms with Crippen LogP contribution in [0.25, 0.3) is 5.57 Å². The maximum absolute atomic E-state index is 5.10. The van der Waals surface area contributed by atoms with Gasteiger partial charge in [-0.2, -0.15) is 0 Å². The highest BCUT2D eigenvalue weighted by molar-refractivity contribution is 5.56. The van der Waals surface area contributed by atoms with Gasteiger partial charge in [0.1, 0.15) is 0 Å². The summed E-state index contributed by atoms with van der Waals surface area (Å²) < 4.78 is 5.10. The predicted octanol–water partition coefficient (Wildman–Crippen LogP) is 3.01. The van der Waals surface area contributed by atoms with Crippen molar-refractivity contribution in [3.63, 3.8) is 0 Å². The van der Waals surface area contributed by atoms with Crippen molar-refractivity contribution >= 4 is 5.57 Å². The first-order valence-electron chi connectivity index (χ1n) is 4.04. The van der Waals surface area contributed by atoms with Gasteiger partial charge in [-0.3, -0.25) is 0 Å². The molecule has 0 aliphatic rings. The minimum atomic E-state index is 0.0528. The molecule has 66 valence electrons. The lowest BCUT2D eigenvalue weighted by Gasteiger charge is -2.12. The van der Waals surface area contributed by atoms with E-state index in [2.05, 4.69) is 32.5 Å². The highest BCUT2D eigenvalue weighted by Gasteiger charge is 2.18. The van der Waals surface area contributed by atoms with E-state index in [1.807, 2.05) is 13.0 Å². The summed E-state index contributed by atoms with van der Waals surface area (Å²) in [6.07, 6.45) is 0. The molecule has 2 heteroatoms. The number of aromatic nitrogens is 1. The highest BCUT2D eigenvalue weighted by Crippen LogP contribution is 2.23. The normalized spacial score (nSPS) is 11.7. The Balaban J connectivity index is 3.00. The molecule has 1 aromatic heterocycles. The first-order valence-corrected chi connectivity index (χ1v) is 4.04. The van der Waals surface area contributed by atoms with Crippen molar-refractivity contribution in [2.24, 2.45) is 0 Å².